The Morgan fingerprint density at radius 2 is 2.00 bits per heavy atom. The molecule has 1 aromatic rings. The molecular formula is C12H13Cl2NO2. The van der Waals surface area contributed by atoms with Gasteiger partial charge in [-0.25, -0.2) is 0 Å². The zero-order valence-electron chi connectivity index (χ0n) is 9.16. The quantitative estimate of drug-likeness (QED) is 0.789. The molecule has 1 fully saturated rings. The second-order valence-corrected chi connectivity index (χ2v) is 4.75. The van der Waals surface area contributed by atoms with Gasteiger partial charge in [0.15, 0.2) is 5.60 Å². The molecule has 0 bridgehead atoms. The number of rotatable bonds is 0. The molecule has 0 atom stereocenters. The predicted octanol–water partition coefficient (Wildman–Crippen LogP) is 2.46. The van der Waals surface area contributed by atoms with Gasteiger partial charge in [-0.1, -0.05) is 11.6 Å². The van der Waals surface area contributed by atoms with Crippen molar-refractivity contribution in [3.05, 3.63) is 28.8 Å². The zero-order chi connectivity index (χ0) is 11.2. The van der Waals surface area contributed by atoms with E-state index in [0.717, 1.165) is 25.9 Å². The van der Waals surface area contributed by atoms with E-state index in [4.69, 9.17) is 16.3 Å². The molecule has 3 nitrogen and oxygen atoms in total. The third kappa shape index (κ3) is 1.92. The minimum absolute atomic E-state index is 0. The Hall–Kier alpha value is -0.770. The highest BCUT2D eigenvalue weighted by Crippen LogP contribution is 2.40. The lowest BCUT2D eigenvalue weighted by Crippen LogP contribution is -2.49. The maximum absolute atomic E-state index is 12.3. The Morgan fingerprint density at radius 3 is 2.71 bits per heavy atom. The molecule has 2 aliphatic heterocycles. The van der Waals surface area contributed by atoms with Crippen LogP contribution >= 0.6 is 24.0 Å². The summed E-state index contributed by atoms with van der Waals surface area (Å²) in [6, 6.07) is 5.23. The van der Waals surface area contributed by atoms with E-state index in [-0.39, 0.29) is 18.2 Å². The summed E-state index contributed by atoms with van der Waals surface area (Å²) in [6.07, 6.45) is 1.47. The van der Waals surface area contributed by atoms with Crippen LogP contribution in [0.4, 0.5) is 0 Å². The van der Waals surface area contributed by atoms with Crippen LogP contribution in [0, 0.1) is 0 Å². The number of ether oxygens (including phenoxy) is 1. The molecule has 2 aliphatic rings. The van der Waals surface area contributed by atoms with Gasteiger partial charge < -0.3 is 10.1 Å². The SMILES string of the molecule is Cl.O=C1c2ccc(Cl)cc2OC12CCNCC2. The topological polar surface area (TPSA) is 38.3 Å². The molecule has 1 saturated heterocycles. The number of hydrogen-bond acceptors (Lipinski definition) is 3. The number of ketones is 1. The molecule has 1 N–H and O–H groups in total. The largest absolute Gasteiger partial charge is 0.478 e. The maximum atomic E-state index is 12.3. The summed E-state index contributed by atoms with van der Waals surface area (Å²) in [5, 5.41) is 3.85. The smallest absolute Gasteiger partial charge is 0.210 e. The predicted molar refractivity (Wildman–Crippen MR) is 68.5 cm³/mol. The van der Waals surface area contributed by atoms with Crippen molar-refractivity contribution in [1.82, 2.24) is 5.32 Å². The summed E-state index contributed by atoms with van der Waals surface area (Å²) in [5.74, 6) is 0.750. The summed E-state index contributed by atoms with van der Waals surface area (Å²) in [5.41, 5.74) is 0.0458. The van der Waals surface area contributed by atoms with E-state index in [1.807, 2.05) is 0 Å². The third-order valence-corrected chi connectivity index (χ3v) is 3.55. The molecule has 17 heavy (non-hydrogen) atoms. The monoisotopic (exact) mass is 273 g/mol. The van der Waals surface area contributed by atoms with Crippen molar-refractivity contribution in [2.75, 3.05) is 13.1 Å². The van der Waals surface area contributed by atoms with E-state index in [1.165, 1.54) is 0 Å². The van der Waals surface area contributed by atoms with Gasteiger partial charge in [-0.2, -0.15) is 0 Å². The van der Waals surface area contributed by atoms with Crippen LogP contribution in [0.15, 0.2) is 18.2 Å². The Kier molecular flexibility index (Phi) is 3.34. The van der Waals surface area contributed by atoms with Gasteiger partial charge in [0.25, 0.3) is 0 Å². The van der Waals surface area contributed by atoms with E-state index < -0.39 is 5.60 Å². The number of nitrogens with one attached hydrogen (secondary N) is 1. The van der Waals surface area contributed by atoms with Crippen LogP contribution in [0.3, 0.4) is 0 Å². The molecular weight excluding hydrogens is 261 g/mol. The molecule has 1 spiro atoms. The normalized spacial score (nSPS) is 20.6. The molecule has 2 heterocycles. The highest BCUT2D eigenvalue weighted by molar-refractivity contribution is 6.31. The first-order chi connectivity index (χ1) is 7.71. The van der Waals surface area contributed by atoms with Crippen molar-refractivity contribution in [3.63, 3.8) is 0 Å². The highest BCUT2D eigenvalue weighted by Gasteiger charge is 2.48. The molecule has 5 heteroatoms. The van der Waals surface area contributed by atoms with Gasteiger partial charge in [0.05, 0.1) is 5.56 Å². The molecule has 0 aliphatic carbocycles. The second-order valence-electron chi connectivity index (χ2n) is 4.32. The van der Waals surface area contributed by atoms with Crippen molar-refractivity contribution in [2.45, 2.75) is 18.4 Å². The number of halogens is 2. The van der Waals surface area contributed by atoms with Gasteiger partial charge >= 0.3 is 0 Å². The molecule has 0 unspecified atom stereocenters. The van der Waals surface area contributed by atoms with Crippen LogP contribution in [0.2, 0.25) is 5.02 Å². The van der Waals surface area contributed by atoms with Crippen LogP contribution in [0.1, 0.15) is 23.2 Å². The standard InChI is InChI=1S/C12H12ClNO2.ClH/c13-8-1-2-9-10(7-8)16-12(11(9)15)3-5-14-6-4-12;/h1-2,7,14H,3-6H2;1H. The minimum atomic E-state index is -0.627. The van der Waals surface area contributed by atoms with Gasteiger partial charge in [-0.15, -0.1) is 12.4 Å². The first kappa shape index (κ1) is 12.7. The third-order valence-electron chi connectivity index (χ3n) is 3.32. The summed E-state index contributed by atoms with van der Waals surface area (Å²) in [6.45, 7) is 1.65. The van der Waals surface area contributed by atoms with Gasteiger partial charge in [0.1, 0.15) is 5.75 Å². The summed E-state index contributed by atoms with van der Waals surface area (Å²) in [7, 11) is 0. The minimum Gasteiger partial charge on any atom is -0.478 e. The van der Waals surface area contributed by atoms with Crippen molar-refractivity contribution in [1.29, 1.82) is 0 Å². The van der Waals surface area contributed by atoms with E-state index in [9.17, 15) is 4.79 Å². The van der Waals surface area contributed by atoms with Gasteiger partial charge in [-0.05, 0) is 31.3 Å². The summed E-state index contributed by atoms with van der Waals surface area (Å²) >= 11 is 5.89. The number of benzene rings is 1. The van der Waals surface area contributed by atoms with E-state index in [2.05, 4.69) is 5.32 Å². The Bertz CT molecular complexity index is 456. The second kappa shape index (κ2) is 4.48. The van der Waals surface area contributed by atoms with Crippen molar-refractivity contribution in [3.8, 4) is 5.75 Å². The average molecular weight is 274 g/mol. The molecule has 0 amide bonds. The van der Waals surface area contributed by atoms with Crippen LogP contribution in [0.5, 0.6) is 5.75 Å². The lowest BCUT2D eigenvalue weighted by molar-refractivity contribution is 0.0424. The molecule has 0 saturated carbocycles. The first-order valence-corrected chi connectivity index (χ1v) is 5.83. The fraction of sp³-hybridized carbons (Fsp3) is 0.417. The van der Waals surface area contributed by atoms with Gasteiger partial charge in [0.2, 0.25) is 5.78 Å². The number of carbonyl (C=O) groups is 1. The van der Waals surface area contributed by atoms with Crippen LogP contribution in [-0.2, 0) is 0 Å². The molecule has 0 aromatic heterocycles. The first-order valence-electron chi connectivity index (χ1n) is 5.45. The van der Waals surface area contributed by atoms with Crippen LogP contribution in [0.25, 0.3) is 0 Å². The maximum Gasteiger partial charge on any atom is 0.210 e. The fourth-order valence-corrected chi connectivity index (χ4v) is 2.59. The van der Waals surface area contributed by atoms with Crippen molar-refractivity contribution >= 4 is 29.8 Å². The lowest BCUT2D eigenvalue weighted by Gasteiger charge is -2.31. The summed E-state index contributed by atoms with van der Waals surface area (Å²) in [4.78, 5) is 12.3. The zero-order valence-corrected chi connectivity index (χ0v) is 10.7. The van der Waals surface area contributed by atoms with Gasteiger partial charge in [-0.3, -0.25) is 4.79 Å². The number of fused-ring (bicyclic) bond motifs is 1. The van der Waals surface area contributed by atoms with Crippen molar-refractivity contribution < 1.29 is 9.53 Å². The highest BCUT2D eigenvalue weighted by atomic mass is 35.5. The Balaban J connectivity index is 0.00000108. The molecule has 92 valence electrons. The number of hydrogen-bond donors (Lipinski definition) is 1. The average Bonchev–Trinajstić information content (AvgIpc) is 2.53. The fourth-order valence-electron chi connectivity index (χ4n) is 2.43. The van der Waals surface area contributed by atoms with E-state index in [1.54, 1.807) is 18.2 Å². The van der Waals surface area contributed by atoms with Crippen LogP contribution in [-0.4, -0.2) is 24.5 Å². The van der Waals surface area contributed by atoms with Crippen molar-refractivity contribution in [2.24, 2.45) is 0 Å². The molecule has 3 rings (SSSR count). The number of carbonyl (C=O) groups excluding carboxylic acids is 1. The number of Topliss-reactive ketones (excluding diaryl/α,β-unsaturated/α-hetero) is 1. The number of piperidine rings is 1. The Labute approximate surface area is 111 Å². The van der Waals surface area contributed by atoms with E-state index in [0.29, 0.717) is 16.3 Å². The van der Waals surface area contributed by atoms with E-state index >= 15 is 0 Å². The lowest BCUT2D eigenvalue weighted by atomic mass is 9.87. The van der Waals surface area contributed by atoms with Gasteiger partial charge in [0, 0.05) is 17.9 Å². The Morgan fingerprint density at radius 1 is 1.29 bits per heavy atom. The molecule has 1 aromatic carbocycles. The van der Waals surface area contributed by atoms with Crippen LogP contribution < -0.4 is 10.1 Å². The summed E-state index contributed by atoms with van der Waals surface area (Å²) < 4.78 is 5.85. The molecule has 0 radical (unpaired) electrons.